The highest BCUT2D eigenvalue weighted by Gasteiger charge is 2.33. The highest BCUT2D eigenvalue weighted by Crippen LogP contribution is 2.23. The number of pyridine rings is 1. The van der Waals surface area contributed by atoms with Gasteiger partial charge in [0, 0.05) is 12.7 Å². The van der Waals surface area contributed by atoms with E-state index in [4.69, 9.17) is 9.47 Å². The van der Waals surface area contributed by atoms with Gasteiger partial charge < -0.3 is 14.8 Å². The van der Waals surface area contributed by atoms with E-state index in [2.05, 4.69) is 24.1 Å². The Morgan fingerprint density at radius 1 is 1.21 bits per heavy atom. The molecule has 0 fully saturated rings. The summed E-state index contributed by atoms with van der Waals surface area (Å²) in [6.45, 7) is 11.0. The van der Waals surface area contributed by atoms with E-state index in [0.717, 1.165) is 31.4 Å². The summed E-state index contributed by atoms with van der Waals surface area (Å²) in [5.41, 5.74) is 0.630. The Labute approximate surface area is 146 Å². The Morgan fingerprint density at radius 2 is 1.92 bits per heavy atom. The van der Waals surface area contributed by atoms with Gasteiger partial charge in [-0.2, -0.15) is 0 Å². The summed E-state index contributed by atoms with van der Waals surface area (Å²) in [5, 5.41) is 2.96. The first kappa shape index (κ1) is 20.4. The van der Waals surface area contributed by atoms with Gasteiger partial charge in [-0.25, -0.2) is 4.98 Å². The molecule has 1 atom stereocenters. The van der Waals surface area contributed by atoms with Crippen LogP contribution in [-0.4, -0.2) is 29.7 Å². The number of anilines is 1. The second-order valence-electron chi connectivity index (χ2n) is 6.21. The lowest BCUT2D eigenvalue weighted by Gasteiger charge is -2.28. The van der Waals surface area contributed by atoms with Crippen molar-refractivity contribution in [2.45, 2.75) is 72.3 Å². The average molecular weight is 336 g/mol. The van der Waals surface area contributed by atoms with E-state index in [1.54, 1.807) is 6.07 Å². The highest BCUT2D eigenvalue weighted by atomic mass is 16.5. The molecule has 0 spiro atoms. The molecule has 5 nitrogen and oxygen atoms in total. The van der Waals surface area contributed by atoms with Gasteiger partial charge in [0.05, 0.1) is 18.0 Å². The zero-order chi connectivity index (χ0) is 18.0. The lowest BCUT2D eigenvalue weighted by atomic mass is 9.97. The molecule has 1 N–H and O–H groups in total. The Balaban J connectivity index is 2.77. The van der Waals surface area contributed by atoms with Crippen molar-refractivity contribution in [2.75, 3.05) is 18.5 Å². The molecule has 1 rings (SSSR count). The molecule has 1 aromatic heterocycles. The average Bonchev–Trinajstić information content (AvgIpc) is 2.55. The number of aromatic nitrogens is 1. The predicted molar refractivity (Wildman–Crippen MR) is 97.6 cm³/mol. The summed E-state index contributed by atoms with van der Waals surface area (Å²) in [5.74, 6) is 0.472. The number of ether oxygens (including phenoxy) is 2. The molecule has 136 valence electrons. The normalized spacial score (nSPS) is 13.4. The Morgan fingerprint density at radius 3 is 2.50 bits per heavy atom. The van der Waals surface area contributed by atoms with Crippen molar-refractivity contribution >= 4 is 11.6 Å². The van der Waals surface area contributed by atoms with Crippen LogP contribution in [0.3, 0.4) is 0 Å². The third kappa shape index (κ3) is 6.11. The molecule has 0 aliphatic rings. The summed E-state index contributed by atoms with van der Waals surface area (Å²) in [6, 6.07) is 3.63. The second kappa shape index (κ2) is 10.3. The van der Waals surface area contributed by atoms with E-state index in [9.17, 15) is 4.79 Å². The zero-order valence-electron chi connectivity index (χ0n) is 15.8. The van der Waals surface area contributed by atoms with Crippen LogP contribution in [0.1, 0.15) is 65.5 Å². The van der Waals surface area contributed by atoms with Crippen molar-refractivity contribution in [1.29, 1.82) is 0 Å². The molecular formula is C19H32N2O3. The van der Waals surface area contributed by atoms with Gasteiger partial charge in [-0.1, -0.05) is 33.1 Å². The first-order valence-corrected chi connectivity index (χ1v) is 9.02. The topological polar surface area (TPSA) is 60.5 Å². The Bertz CT molecular complexity index is 519. The van der Waals surface area contributed by atoms with Gasteiger partial charge in [-0.3, -0.25) is 4.79 Å². The van der Waals surface area contributed by atoms with Crippen LogP contribution in [0.15, 0.2) is 12.1 Å². The molecule has 0 saturated heterocycles. The number of aryl methyl sites for hydroxylation is 1. The maximum Gasteiger partial charge on any atom is 0.256 e. The largest absolute Gasteiger partial charge is 0.478 e. The Kier molecular flexibility index (Phi) is 8.76. The van der Waals surface area contributed by atoms with Crippen LogP contribution in [0.25, 0.3) is 0 Å². The number of carbonyl (C=O) groups excluding carboxylic acids is 1. The summed E-state index contributed by atoms with van der Waals surface area (Å²) in [6.07, 6.45) is 4.77. The minimum absolute atomic E-state index is 0.123. The van der Waals surface area contributed by atoms with Crippen LogP contribution in [0.4, 0.5) is 5.69 Å². The van der Waals surface area contributed by atoms with E-state index < -0.39 is 5.60 Å². The third-order valence-corrected chi connectivity index (χ3v) is 4.01. The molecule has 0 radical (unpaired) electrons. The molecule has 0 aliphatic heterocycles. The number of amides is 1. The minimum Gasteiger partial charge on any atom is -0.478 e. The van der Waals surface area contributed by atoms with Crippen LogP contribution in [-0.2, 0) is 9.53 Å². The fourth-order valence-electron chi connectivity index (χ4n) is 2.41. The number of hydrogen-bond acceptors (Lipinski definition) is 4. The number of rotatable bonds is 11. The fourth-order valence-corrected chi connectivity index (χ4v) is 2.41. The van der Waals surface area contributed by atoms with E-state index in [0.29, 0.717) is 31.2 Å². The van der Waals surface area contributed by atoms with Gasteiger partial charge in [-0.05, 0) is 39.7 Å². The van der Waals surface area contributed by atoms with Crippen LogP contribution >= 0.6 is 0 Å². The molecule has 1 heterocycles. The van der Waals surface area contributed by atoms with Gasteiger partial charge in [0.2, 0.25) is 5.88 Å². The van der Waals surface area contributed by atoms with Crippen LogP contribution in [0.2, 0.25) is 0 Å². The zero-order valence-corrected chi connectivity index (χ0v) is 15.8. The van der Waals surface area contributed by atoms with Crippen molar-refractivity contribution < 1.29 is 14.3 Å². The smallest absolute Gasteiger partial charge is 0.256 e. The number of unbranched alkanes of at least 4 members (excludes halogenated alkanes) is 2. The van der Waals surface area contributed by atoms with Crippen molar-refractivity contribution in [1.82, 2.24) is 4.98 Å². The quantitative estimate of drug-likeness (QED) is 0.605. The van der Waals surface area contributed by atoms with Gasteiger partial charge in [0.25, 0.3) is 5.91 Å². The molecule has 0 unspecified atom stereocenters. The minimum atomic E-state index is -0.812. The highest BCUT2D eigenvalue weighted by molar-refractivity contribution is 5.97. The van der Waals surface area contributed by atoms with Gasteiger partial charge >= 0.3 is 0 Å². The van der Waals surface area contributed by atoms with Crippen molar-refractivity contribution in [3.63, 3.8) is 0 Å². The molecular weight excluding hydrogens is 304 g/mol. The van der Waals surface area contributed by atoms with Gasteiger partial charge in [0.15, 0.2) is 0 Å². The monoisotopic (exact) mass is 336 g/mol. The maximum absolute atomic E-state index is 12.7. The first-order valence-electron chi connectivity index (χ1n) is 9.02. The maximum atomic E-state index is 12.7. The molecule has 5 heteroatoms. The van der Waals surface area contributed by atoms with Gasteiger partial charge in [0.1, 0.15) is 5.60 Å². The van der Waals surface area contributed by atoms with Crippen LogP contribution in [0, 0.1) is 6.92 Å². The van der Waals surface area contributed by atoms with E-state index in [1.807, 2.05) is 26.8 Å². The fraction of sp³-hybridized carbons (Fsp3) is 0.684. The third-order valence-electron chi connectivity index (χ3n) is 4.01. The van der Waals surface area contributed by atoms with Crippen molar-refractivity contribution in [2.24, 2.45) is 0 Å². The standard InChI is InChI=1S/C19H32N2O3/c1-6-9-13-19(5,24-8-3)18(22)21-16-11-12-17(20-15(16)4)23-14-10-7-2/h11-12H,6-10,13-14H2,1-5H3,(H,21,22)/t19-/m1/s1. The summed E-state index contributed by atoms with van der Waals surface area (Å²) in [4.78, 5) is 17.1. The number of nitrogens with zero attached hydrogens (tertiary/aromatic N) is 1. The first-order chi connectivity index (χ1) is 11.5. The molecule has 0 saturated carbocycles. The second-order valence-corrected chi connectivity index (χ2v) is 6.21. The molecule has 0 aromatic carbocycles. The van der Waals surface area contributed by atoms with E-state index in [-0.39, 0.29) is 5.91 Å². The summed E-state index contributed by atoms with van der Waals surface area (Å²) in [7, 11) is 0. The number of hydrogen-bond donors (Lipinski definition) is 1. The van der Waals surface area contributed by atoms with Crippen LogP contribution in [0.5, 0.6) is 5.88 Å². The number of carbonyl (C=O) groups is 1. The summed E-state index contributed by atoms with van der Waals surface area (Å²) >= 11 is 0. The van der Waals surface area contributed by atoms with Gasteiger partial charge in [-0.15, -0.1) is 0 Å². The molecule has 1 amide bonds. The molecule has 1 aromatic rings. The number of nitrogens with one attached hydrogen (secondary N) is 1. The SMILES string of the molecule is CCCCOc1ccc(NC(=O)[C@@](C)(CCCC)OCC)c(C)n1. The lowest BCUT2D eigenvalue weighted by molar-refractivity contribution is -0.139. The lowest BCUT2D eigenvalue weighted by Crippen LogP contribution is -2.43. The van der Waals surface area contributed by atoms with Crippen molar-refractivity contribution in [3.05, 3.63) is 17.8 Å². The summed E-state index contributed by atoms with van der Waals surface area (Å²) < 4.78 is 11.3. The van der Waals surface area contributed by atoms with E-state index >= 15 is 0 Å². The Hall–Kier alpha value is -1.62. The van der Waals surface area contributed by atoms with Crippen molar-refractivity contribution in [3.8, 4) is 5.88 Å². The predicted octanol–water partition coefficient (Wildman–Crippen LogP) is 4.49. The van der Waals surface area contributed by atoms with Crippen LogP contribution < -0.4 is 10.1 Å². The molecule has 0 bridgehead atoms. The molecule has 24 heavy (non-hydrogen) atoms. The van der Waals surface area contributed by atoms with E-state index in [1.165, 1.54) is 0 Å². The molecule has 0 aliphatic carbocycles.